The lowest BCUT2D eigenvalue weighted by Gasteiger charge is -2.23. The fourth-order valence-corrected chi connectivity index (χ4v) is 3.21. The van der Waals surface area contributed by atoms with Crippen molar-refractivity contribution in [2.24, 2.45) is 0 Å². The predicted molar refractivity (Wildman–Crippen MR) is 108 cm³/mol. The van der Waals surface area contributed by atoms with Gasteiger partial charge in [0.1, 0.15) is 5.75 Å². The van der Waals surface area contributed by atoms with Crippen LogP contribution in [-0.4, -0.2) is 12.0 Å². The molecule has 3 heteroatoms. The molecule has 2 aromatic rings. The van der Waals surface area contributed by atoms with Gasteiger partial charge in [0, 0.05) is 0 Å². The summed E-state index contributed by atoms with van der Waals surface area (Å²) < 4.78 is 5.99. The van der Waals surface area contributed by atoms with Gasteiger partial charge in [-0.1, -0.05) is 62.7 Å². The molecule has 2 rings (SSSR count). The summed E-state index contributed by atoms with van der Waals surface area (Å²) in [6, 6.07) is 14.3. The molecule has 2 atom stereocenters. The highest BCUT2D eigenvalue weighted by Gasteiger charge is 2.21. The Labute approximate surface area is 157 Å². The predicted octanol–water partition coefficient (Wildman–Crippen LogP) is 5.46. The zero-order chi connectivity index (χ0) is 19.3. The van der Waals surface area contributed by atoms with Crippen molar-refractivity contribution in [3.05, 3.63) is 64.7 Å². The quantitative estimate of drug-likeness (QED) is 0.717. The summed E-state index contributed by atoms with van der Waals surface area (Å²) in [5.41, 5.74) is 4.72. The van der Waals surface area contributed by atoms with E-state index in [9.17, 15) is 4.79 Å². The van der Waals surface area contributed by atoms with Crippen molar-refractivity contribution in [3.63, 3.8) is 0 Å². The zero-order valence-electron chi connectivity index (χ0n) is 16.8. The maximum Gasteiger partial charge on any atom is 0.261 e. The Balaban J connectivity index is 2.10. The lowest BCUT2D eigenvalue weighted by molar-refractivity contribution is -0.128. The average Bonchev–Trinajstić information content (AvgIpc) is 2.60. The number of hydrogen-bond acceptors (Lipinski definition) is 2. The SMILES string of the molecule is CC[C@H](NC(=O)[C@H](C)Oc1ccccc1C(C)C)c1ccc(C)cc1C. The maximum absolute atomic E-state index is 12.7. The number of benzene rings is 2. The van der Waals surface area contributed by atoms with Crippen LogP contribution in [0.15, 0.2) is 42.5 Å². The summed E-state index contributed by atoms with van der Waals surface area (Å²) in [5, 5.41) is 3.15. The monoisotopic (exact) mass is 353 g/mol. The Hall–Kier alpha value is -2.29. The number of carbonyl (C=O) groups excluding carboxylic acids is 1. The van der Waals surface area contributed by atoms with E-state index in [2.05, 4.69) is 64.2 Å². The Bertz CT molecular complexity index is 752. The average molecular weight is 354 g/mol. The van der Waals surface area contributed by atoms with Crippen molar-refractivity contribution in [2.45, 2.75) is 66.0 Å². The molecule has 0 heterocycles. The fraction of sp³-hybridized carbons (Fsp3) is 0.435. The van der Waals surface area contributed by atoms with E-state index in [0.717, 1.165) is 17.7 Å². The molecule has 0 saturated heterocycles. The van der Waals surface area contributed by atoms with Gasteiger partial charge >= 0.3 is 0 Å². The van der Waals surface area contributed by atoms with E-state index >= 15 is 0 Å². The highest BCUT2D eigenvalue weighted by Crippen LogP contribution is 2.27. The molecule has 0 aliphatic rings. The number of carbonyl (C=O) groups is 1. The molecule has 140 valence electrons. The first kappa shape index (κ1) is 20.0. The van der Waals surface area contributed by atoms with E-state index in [4.69, 9.17) is 4.74 Å². The smallest absolute Gasteiger partial charge is 0.261 e. The second-order valence-electron chi connectivity index (χ2n) is 7.28. The van der Waals surface area contributed by atoms with Gasteiger partial charge in [-0.2, -0.15) is 0 Å². The van der Waals surface area contributed by atoms with Crippen LogP contribution in [0.25, 0.3) is 0 Å². The topological polar surface area (TPSA) is 38.3 Å². The third-order valence-corrected chi connectivity index (χ3v) is 4.74. The molecule has 1 amide bonds. The Morgan fingerprint density at radius 2 is 1.73 bits per heavy atom. The van der Waals surface area contributed by atoms with Crippen LogP contribution in [0, 0.1) is 13.8 Å². The molecule has 0 bridgehead atoms. The molecule has 3 nitrogen and oxygen atoms in total. The van der Waals surface area contributed by atoms with Crippen LogP contribution in [-0.2, 0) is 4.79 Å². The first-order chi connectivity index (χ1) is 12.3. The molecule has 0 aliphatic heterocycles. The minimum Gasteiger partial charge on any atom is -0.481 e. The van der Waals surface area contributed by atoms with Gasteiger partial charge < -0.3 is 10.1 Å². The lowest BCUT2D eigenvalue weighted by atomic mass is 9.97. The van der Waals surface area contributed by atoms with Crippen molar-refractivity contribution in [2.75, 3.05) is 0 Å². The molecule has 0 unspecified atom stereocenters. The molecule has 0 aliphatic carbocycles. The van der Waals surface area contributed by atoms with Gasteiger partial charge in [-0.05, 0) is 55.9 Å². The minimum atomic E-state index is -0.547. The largest absolute Gasteiger partial charge is 0.481 e. The zero-order valence-corrected chi connectivity index (χ0v) is 16.8. The second kappa shape index (κ2) is 8.88. The number of aryl methyl sites for hydroxylation is 2. The van der Waals surface area contributed by atoms with Crippen LogP contribution in [0.2, 0.25) is 0 Å². The van der Waals surface area contributed by atoms with Crippen molar-refractivity contribution in [1.82, 2.24) is 5.32 Å². The van der Waals surface area contributed by atoms with E-state index in [-0.39, 0.29) is 11.9 Å². The van der Waals surface area contributed by atoms with Crippen LogP contribution >= 0.6 is 0 Å². The van der Waals surface area contributed by atoms with E-state index in [1.54, 1.807) is 6.92 Å². The van der Waals surface area contributed by atoms with Crippen LogP contribution in [0.4, 0.5) is 0 Å². The molecule has 0 radical (unpaired) electrons. The van der Waals surface area contributed by atoms with Crippen LogP contribution in [0.5, 0.6) is 5.75 Å². The van der Waals surface area contributed by atoms with E-state index in [1.807, 2.05) is 18.2 Å². The molecule has 26 heavy (non-hydrogen) atoms. The Kier molecular flexibility index (Phi) is 6.84. The summed E-state index contributed by atoms with van der Waals surface area (Å²) in [6.07, 6.45) is 0.292. The van der Waals surface area contributed by atoms with Gasteiger partial charge in [0.25, 0.3) is 5.91 Å². The molecule has 0 spiro atoms. The molecule has 0 fully saturated rings. The van der Waals surface area contributed by atoms with Crippen molar-refractivity contribution in [1.29, 1.82) is 0 Å². The van der Waals surface area contributed by atoms with Gasteiger partial charge in [-0.3, -0.25) is 4.79 Å². The van der Waals surface area contributed by atoms with E-state index in [0.29, 0.717) is 5.92 Å². The Morgan fingerprint density at radius 3 is 2.35 bits per heavy atom. The number of ether oxygens (including phenoxy) is 1. The summed E-state index contributed by atoms with van der Waals surface area (Å²) >= 11 is 0. The molecule has 2 aromatic carbocycles. The minimum absolute atomic E-state index is 0.00510. The summed E-state index contributed by atoms with van der Waals surface area (Å²) in [4.78, 5) is 12.7. The standard InChI is InChI=1S/C23H31NO2/c1-7-21(20-13-12-16(4)14-17(20)5)24-23(25)18(6)26-22-11-9-8-10-19(22)15(2)3/h8-15,18,21H,7H2,1-6H3,(H,24,25)/t18-,21-/m0/s1. The molecule has 0 aromatic heterocycles. The highest BCUT2D eigenvalue weighted by atomic mass is 16.5. The first-order valence-corrected chi connectivity index (χ1v) is 9.46. The number of para-hydroxylation sites is 1. The van der Waals surface area contributed by atoms with Gasteiger partial charge in [0.2, 0.25) is 0 Å². The van der Waals surface area contributed by atoms with Gasteiger partial charge in [-0.15, -0.1) is 0 Å². The van der Waals surface area contributed by atoms with Crippen molar-refractivity contribution < 1.29 is 9.53 Å². The van der Waals surface area contributed by atoms with Gasteiger partial charge in [0.05, 0.1) is 6.04 Å². The van der Waals surface area contributed by atoms with Gasteiger partial charge in [0.15, 0.2) is 6.10 Å². The molecular formula is C23H31NO2. The van der Waals surface area contributed by atoms with Crippen LogP contribution in [0.3, 0.4) is 0 Å². The van der Waals surface area contributed by atoms with E-state index < -0.39 is 6.10 Å². The molecule has 1 N–H and O–H groups in total. The van der Waals surface area contributed by atoms with Crippen LogP contribution in [0.1, 0.15) is 68.3 Å². The van der Waals surface area contributed by atoms with Gasteiger partial charge in [-0.25, -0.2) is 0 Å². The number of amides is 1. The number of nitrogens with one attached hydrogen (secondary N) is 1. The third-order valence-electron chi connectivity index (χ3n) is 4.74. The fourth-order valence-electron chi connectivity index (χ4n) is 3.21. The normalized spacial score (nSPS) is 13.3. The molecular weight excluding hydrogens is 322 g/mol. The van der Waals surface area contributed by atoms with Crippen molar-refractivity contribution >= 4 is 5.91 Å². The summed E-state index contributed by atoms with van der Waals surface area (Å²) in [5.74, 6) is 1.04. The second-order valence-corrected chi connectivity index (χ2v) is 7.28. The maximum atomic E-state index is 12.7. The highest BCUT2D eigenvalue weighted by molar-refractivity contribution is 5.81. The number of hydrogen-bond donors (Lipinski definition) is 1. The van der Waals surface area contributed by atoms with Crippen LogP contribution < -0.4 is 10.1 Å². The molecule has 0 saturated carbocycles. The Morgan fingerprint density at radius 1 is 1.04 bits per heavy atom. The summed E-state index contributed by atoms with van der Waals surface area (Å²) in [7, 11) is 0. The number of rotatable bonds is 7. The van der Waals surface area contributed by atoms with E-state index in [1.165, 1.54) is 16.7 Å². The summed E-state index contributed by atoms with van der Waals surface area (Å²) in [6.45, 7) is 12.3. The first-order valence-electron chi connectivity index (χ1n) is 9.46. The lowest BCUT2D eigenvalue weighted by Crippen LogP contribution is -2.38. The van der Waals surface area contributed by atoms with Crippen molar-refractivity contribution in [3.8, 4) is 5.75 Å². The third kappa shape index (κ3) is 4.87.